The minimum absolute atomic E-state index is 0.304. The van der Waals surface area contributed by atoms with Crippen LogP contribution in [0.1, 0.15) is 20.3 Å². The van der Waals surface area contributed by atoms with E-state index in [0.29, 0.717) is 12.5 Å². The molecule has 3 N–H and O–H groups in total. The van der Waals surface area contributed by atoms with Gasteiger partial charge in [-0.05, 0) is 12.3 Å². The number of nitrogens with one attached hydrogen (secondary N) is 2. The first-order valence-corrected chi connectivity index (χ1v) is 6.61. The second-order valence-electron chi connectivity index (χ2n) is 5.04. The van der Waals surface area contributed by atoms with E-state index < -0.39 is 37.8 Å². The van der Waals surface area contributed by atoms with Gasteiger partial charge in [0.05, 0.1) is 19.7 Å². The molecule has 0 rings (SSSR count). The molecular formula is C12H22F3N3O3. The molecule has 9 heteroatoms. The Morgan fingerprint density at radius 1 is 1.29 bits per heavy atom. The fourth-order valence-corrected chi connectivity index (χ4v) is 1.50. The molecule has 0 spiro atoms. The van der Waals surface area contributed by atoms with E-state index in [9.17, 15) is 22.8 Å². The van der Waals surface area contributed by atoms with Gasteiger partial charge >= 0.3 is 12.2 Å². The van der Waals surface area contributed by atoms with E-state index in [-0.39, 0.29) is 6.54 Å². The zero-order valence-electron chi connectivity index (χ0n) is 12.2. The fourth-order valence-electron chi connectivity index (χ4n) is 1.50. The second kappa shape index (κ2) is 9.56. The molecule has 0 aromatic heterocycles. The third-order valence-electron chi connectivity index (χ3n) is 2.45. The molecule has 21 heavy (non-hydrogen) atoms. The highest BCUT2D eigenvalue weighted by molar-refractivity contribution is 5.95. The van der Waals surface area contributed by atoms with Crippen molar-refractivity contribution in [2.24, 2.45) is 5.92 Å². The van der Waals surface area contributed by atoms with Gasteiger partial charge in [0.25, 0.3) is 0 Å². The van der Waals surface area contributed by atoms with Crippen LogP contribution in [0.4, 0.5) is 18.0 Å². The molecule has 0 aromatic rings. The number of nitrogens with zero attached hydrogens (tertiary/aromatic N) is 1. The van der Waals surface area contributed by atoms with Crippen molar-refractivity contribution in [2.45, 2.75) is 26.4 Å². The molecule has 0 saturated carbocycles. The third-order valence-corrected chi connectivity index (χ3v) is 2.45. The standard InChI is InChI=1S/C12H22F3N3O3/c1-9(2)3-4-16-11(21)17-10(20)7-18(5-6-19)8-12(13,14)15/h9,19H,3-8H2,1-2H3,(H2,16,17,20,21). The maximum absolute atomic E-state index is 12.2. The number of hydrogen-bond donors (Lipinski definition) is 3. The molecule has 0 unspecified atom stereocenters. The Bertz CT molecular complexity index is 335. The molecule has 0 aromatic carbocycles. The lowest BCUT2D eigenvalue weighted by molar-refractivity contribution is -0.149. The Morgan fingerprint density at radius 2 is 1.90 bits per heavy atom. The Balaban J connectivity index is 4.15. The normalized spacial score (nSPS) is 11.8. The second-order valence-corrected chi connectivity index (χ2v) is 5.04. The number of urea groups is 1. The highest BCUT2D eigenvalue weighted by Crippen LogP contribution is 2.15. The molecule has 0 aliphatic carbocycles. The summed E-state index contributed by atoms with van der Waals surface area (Å²) in [5.41, 5.74) is 0. The maximum atomic E-state index is 12.2. The zero-order valence-corrected chi connectivity index (χ0v) is 12.2. The van der Waals surface area contributed by atoms with Crippen LogP contribution in [0.3, 0.4) is 0 Å². The summed E-state index contributed by atoms with van der Waals surface area (Å²) in [4.78, 5) is 23.5. The van der Waals surface area contributed by atoms with Crippen LogP contribution in [0, 0.1) is 5.92 Å². The molecular weight excluding hydrogens is 291 g/mol. The molecule has 3 amide bonds. The van der Waals surface area contributed by atoms with Crippen LogP contribution in [0.5, 0.6) is 0 Å². The van der Waals surface area contributed by atoms with Crippen molar-refractivity contribution in [3.05, 3.63) is 0 Å². The Labute approximate surface area is 121 Å². The number of imide groups is 1. The Hall–Kier alpha value is -1.35. The zero-order chi connectivity index (χ0) is 16.5. The summed E-state index contributed by atoms with van der Waals surface area (Å²) < 4.78 is 36.7. The molecule has 6 nitrogen and oxygen atoms in total. The summed E-state index contributed by atoms with van der Waals surface area (Å²) in [5, 5.41) is 13.1. The molecule has 124 valence electrons. The Kier molecular flexibility index (Phi) is 8.95. The number of rotatable bonds is 8. The molecule has 0 aliphatic rings. The summed E-state index contributed by atoms with van der Waals surface area (Å²) >= 11 is 0. The van der Waals surface area contributed by atoms with E-state index in [1.165, 1.54) is 0 Å². The van der Waals surface area contributed by atoms with Crippen LogP contribution >= 0.6 is 0 Å². The first-order valence-electron chi connectivity index (χ1n) is 6.61. The third kappa shape index (κ3) is 12.1. The van der Waals surface area contributed by atoms with E-state index in [0.717, 1.165) is 11.3 Å². The van der Waals surface area contributed by atoms with Crippen LogP contribution in [-0.2, 0) is 4.79 Å². The monoisotopic (exact) mass is 313 g/mol. The van der Waals surface area contributed by atoms with Crippen molar-refractivity contribution in [3.8, 4) is 0 Å². The number of amides is 3. The molecule has 0 saturated heterocycles. The van der Waals surface area contributed by atoms with E-state index in [2.05, 4.69) is 5.32 Å². The predicted octanol–water partition coefficient (Wildman–Crippen LogP) is 0.715. The van der Waals surface area contributed by atoms with Gasteiger partial charge in [-0.2, -0.15) is 13.2 Å². The number of carbonyl (C=O) groups excluding carboxylic acids is 2. The lowest BCUT2D eigenvalue weighted by atomic mass is 10.1. The summed E-state index contributed by atoms with van der Waals surface area (Å²) in [6, 6.07) is -0.739. The molecule has 0 radical (unpaired) electrons. The summed E-state index contributed by atoms with van der Waals surface area (Å²) in [6.07, 6.45) is -3.75. The van der Waals surface area contributed by atoms with Crippen molar-refractivity contribution in [1.29, 1.82) is 0 Å². The quantitative estimate of drug-likeness (QED) is 0.616. The van der Waals surface area contributed by atoms with E-state index in [4.69, 9.17) is 5.11 Å². The summed E-state index contributed by atoms with van der Waals surface area (Å²) in [7, 11) is 0. The average Bonchev–Trinajstić information content (AvgIpc) is 2.25. The van der Waals surface area contributed by atoms with Crippen LogP contribution in [-0.4, -0.2) is 60.9 Å². The van der Waals surface area contributed by atoms with Gasteiger partial charge in [0.15, 0.2) is 0 Å². The first kappa shape index (κ1) is 19.7. The van der Waals surface area contributed by atoms with Crippen molar-refractivity contribution >= 4 is 11.9 Å². The number of carbonyl (C=O) groups is 2. The molecule has 0 bridgehead atoms. The van der Waals surface area contributed by atoms with Crippen molar-refractivity contribution < 1.29 is 27.9 Å². The number of aliphatic hydroxyl groups is 1. The van der Waals surface area contributed by atoms with Crippen LogP contribution in [0.2, 0.25) is 0 Å². The van der Waals surface area contributed by atoms with Crippen molar-refractivity contribution in [3.63, 3.8) is 0 Å². The minimum atomic E-state index is -4.48. The minimum Gasteiger partial charge on any atom is -0.395 e. The van der Waals surface area contributed by atoms with Gasteiger partial charge in [0.2, 0.25) is 5.91 Å². The number of aliphatic hydroxyl groups excluding tert-OH is 1. The summed E-state index contributed by atoms with van der Waals surface area (Å²) in [5.74, 6) is -0.470. The van der Waals surface area contributed by atoms with Gasteiger partial charge in [-0.3, -0.25) is 15.0 Å². The van der Waals surface area contributed by atoms with Gasteiger partial charge in [-0.1, -0.05) is 13.8 Å². The van der Waals surface area contributed by atoms with Gasteiger partial charge in [0.1, 0.15) is 0 Å². The predicted molar refractivity (Wildman–Crippen MR) is 70.6 cm³/mol. The van der Waals surface area contributed by atoms with E-state index in [1.807, 2.05) is 19.2 Å². The van der Waals surface area contributed by atoms with Crippen LogP contribution in [0.15, 0.2) is 0 Å². The van der Waals surface area contributed by atoms with Crippen LogP contribution < -0.4 is 10.6 Å². The highest BCUT2D eigenvalue weighted by Gasteiger charge is 2.31. The van der Waals surface area contributed by atoms with E-state index in [1.54, 1.807) is 0 Å². The average molecular weight is 313 g/mol. The van der Waals surface area contributed by atoms with Gasteiger partial charge in [-0.15, -0.1) is 0 Å². The number of halogens is 3. The topological polar surface area (TPSA) is 81.7 Å². The van der Waals surface area contributed by atoms with Gasteiger partial charge in [-0.25, -0.2) is 4.79 Å². The molecule has 0 heterocycles. The van der Waals surface area contributed by atoms with Crippen molar-refractivity contribution in [2.75, 3.05) is 32.8 Å². The lowest BCUT2D eigenvalue weighted by Crippen LogP contribution is -2.47. The fraction of sp³-hybridized carbons (Fsp3) is 0.833. The lowest BCUT2D eigenvalue weighted by Gasteiger charge is -2.21. The smallest absolute Gasteiger partial charge is 0.395 e. The van der Waals surface area contributed by atoms with Crippen LogP contribution in [0.25, 0.3) is 0 Å². The SMILES string of the molecule is CC(C)CCNC(=O)NC(=O)CN(CCO)CC(F)(F)F. The van der Waals surface area contributed by atoms with Gasteiger partial charge in [0, 0.05) is 13.1 Å². The first-order chi connectivity index (χ1) is 9.64. The van der Waals surface area contributed by atoms with Gasteiger partial charge < -0.3 is 10.4 Å². The molecule has 0 aliphatic heterocycles. The maximum Gasteiger partial charge on any atom is 0.401 e. The Morgan fingerprint density at radius 3 is 2.38 bits per heavy atom. The molecule has 0 fully saturated rings. The summed E-state index contributed by atoms with van der Waals surface area (Å²) in [6.45, 7) is 1.56. The molecule has 0 atom stereocenters. The van der Waals surface area contributed by atoms with E-state index >= 15 is 0 Å². The highest BCUT2D eigenvalue weighted by atomic mass is 19.4. The van der Waals surface area contributed by atoms with Crippen molar-refractivity contribution in [1.82, 2.24) is 15.5 Å². The number of alkyl halides is 3. The number of hydrogen-bond acceptors (Lipinski definition) is 4. The largest absolute Gasteiger partial charge is 0.401 e.